The molecule has 0 saturated heterocycles. The number of para-hydroxylation sites is 1. The Bertz CT molecular complexity index is 1200. The second kappa shape index (κ2) is 7.53. The van der Waals surface area contributed by atoms with E-state index >= 15 is 0 Å². The SMILES string of the molecule is NC(=O)c1nn(-c2c(Cl)cccc2Cl)cc1Nc1cnn(-c2ncccc2F)c1. The molecular formula is C18H12Cl2FN7O. The van der Waals surface area contributed by atoms with Crippen LogP contribution < -0.4 is 11.1 Å². The number of benzene rings is 1. The number of rotatable bonds is 5. The summed E-state index contributed by atoms with van der Waals surface area (Å²) in [4.78, 5) is 15.8. The van der Waals surface area contributed by atoms with Gasteiger partial charge in [-0.3, -0.25) is 4.79 Å². The molecule has 3 heterocycles. The lowest BCUT2D eigenvalue weighted by molar-refractivity contribution is 0.0996. The molecule has 3 N–H and O–H groups in total. The predicted molar refractivity (Wildman–Crippen MR) is 107 cm³/mol. The van der Waals surface area contributed by atoms with Crippen LogP contribution in [0.4, 0.5) is 15.8 Å². The van der Waals surface area contributed by atoms with E-state index in [0.29, 0.717) is 27.1 Å². The van der Waals surface area contributed by atoms with Crippen LogP contribution in [0.5, 0.6) is 0 Å². The van der Waals surface area contributed by atoms with Crippen LogP contribution in [0.3, 0.4) is 0 Å². The number of hydrogen-bond acceptors (Lipinski definition) is 5. The van der Waals surface area contributed by atoms with Crippen molar-refractivity contribution in [1.82, 2.24) is 24.5 Å². The number of nitrogens with two attached hydrogens (primary N) is 1. The van der Waals surface area contributed by atoms with Crippen LogP contribution in [-0.2, 0) is 0 Å². The van der Waals surface area contributed by atoms with Gasteiger partial charge in [-0.25, -0.2) is 18.7 Å². The minimum Gasteiger partial charge on any atom is -0.364 e. The van der Waals surface area contributed by atoms with Gasteiger partial charge in [0.15, 0.2) is 17.3 Å². The van der Waals surface area contributed by atoms with Gasteiger partial charge in [-0.15, -0.1) is 0 Å². The number of hydrogen-bond donors (Lipinski definition) is 2. The van der Waals surface area contributed by atoms with Crippen molar-refractivity contribution in [2.24, 2.45) is 5.73 Å². The van der Waals surface area contributed by atoms with Gasteiger partial charge in [0, 0.05) is 6.20 Å². The zero-order chi connectivity index (χ0) is 20.5. The van der Waals surface area contributed by atoms with Crippen LogP contribution in [0, 0.1) is 5.82 Å². The number of carbonyl (C=O) groups is 1. The molecule has 0 aliphatic heterocycles. The van der Waals surface area contributed by atoms with Gasteiger partial charge < -0.3 is 11.1 Å². The molecule has 0 fully saturated rings. The molecule has 146 valence electrons. The first-order valence-electron chi connectivity index (χ1n) is 8.20. The molecule has 1 amide bonds. The Morgan fingerprint density at radius 3 is 2.55 bits per heavy atom. The summed E-state index contributed by atoms with van der Waals surface area (Å²) < 4.78 is 16.5. The van der Waals surface area contributed by atoms with E-state index in [1.807, 2.05) is 0 Å². The zero-order valence-electron chi connectivity index (χ0n) is 14.6. The first kappa shape index (κ1) is 18.9. The summed E-state index contributed by atoms with van der Waals surface area (Å²) in [6, 6.07) is 7.74. The lowest BCUT2D eigenvalue weighted by atomic mass is 10.3. The van der Waals surface area contributed by atoms with E-state index in [4.69, 9.17) is 28.9 Å². The number of nitrogens with one attached hydrogen (secondary N) is 1. The summed E-state index contributed by atoms with van der Waals surface area (Å²) >= 11 is 12.4. The third-order valence-corrected chi connectivity index (χ3v) is 4.54. The van der Waals surface area contributed by atoms with Crippen LogP contribution in [0.25, 0.3) is 11.5 Å². The highest BCUT2D eigenvalue weighted by Gasteiger charge is 2.19. The van der Waals surface area contributed by atoms with E-state index < -0.39 is 11.7 Å². The minimum absolute atomic E-state index is 0.0299. The molecule has 11 heteroatoms. The number of primary amides is 1. The number of nitrogens with zero attached hydrogens (tertiary/aromatic N) is 5. The first-order chi connectivity index (χ1) is 13.9. The average Bonchev–Trinajstić information content (AvgIpc) is 3.30. The molecule has 29 heavy (non-hydrogen) atoms. The Labute approximate surface area is 173 Å². The molecule has 0 radical (unpaired) electrons. The van der Waals surface area contributed by atoms with Crippen LogP contribution in [0.2, 0.25) is 10.0 Å². The highest BCUT2D eigenvalue weighted by Crippen LogP contribution is 2.30. The fraction of sp³-hybridized carbons (Fsp3) is 0. The quantitative estimate of drug-likeness (QED) is 0.500. The molecular weight excluding hydrogens is 420 g/mol. The second-order valence-corrected chi connectivity index (χ2v) is 6.69. The van der Waals surface area contributed by atoms with Crippen molar-refractivity contribution in [3.8, 4) is 11.5 Å². The maximum atomic E-state index is 13.9. The van der Waals surface area contributed by atoms with Crippen molar-refractivity contribution < 1.29 is 9.18 Å². The molecule has 8 nitrogen and oxygen atoms in total. The van der Waals surface area contributed by atoms with Crippen molar-refractivity contribution >= 4 is 40.5 Å². The van der Waals surface area contributed by atoms with Gasteiger partial charge in [-0.1, -0.05) is 29.3 Å². The van der Waals surface area contributed by atoms with Gasteiger partial charge in [0.25, 0.3) is 5.91 Å². The summed E-state index contributed by atoms with van der Waals surface area (Å²) in [5.41, 5.74) is 6.58. The number of halogens is 3. The Morgan fingerprint density at radius 1 is 1.10 bits per heavy atom. The van der Waals surface area contributed by atoms with Gasteiger partial charge in [-0.05, 0) is 24.3 Å². The Hall–Kier alpha value is -3.43. The summed E-state index contributed by atoms with van der Waals surface area (Å²) in [6.45, 7) is 0. The van der Waals surface area contributed by atoms with Gasteiger partial charge in [0.05, 0.1) is 40.0 Å². The van der Waals surface area contributed by atoms with Crippen LogP contribution in [0.15, 0.2) is 55.1 Å². The third-order valence-electron chi connectivity index (χ3n) is 3.93. The third kappa shape index (κ3) is 3.65. The molecule has 0 spiro atoms. The molecule has 4 rings (SSSR count). The average molecular weight is 432 g/mol. The van der Waals surface area contributed by atoms with Crippen LogP contribution in [0.1, 0.15) is 10.5 Å². The van der Waals surface area contributed by atoms with Crippen molar-refractivity contribution in [3.63, 3.8) is 0 Å². The number of pyridine rings is 1. The Kier molecular flexibility index (Phi) is 4.91. The molecule has 0 atom stereocenters. The molecule has 0 aliphatic rings. The van der Waals surface area contributed by atoms with E-state index in [1.54, 1.807) is 18.2 Å². The van der Waals surface area contributed by atoms with Crippen LogP contribution >= 0.6 is 23.2 Å². The van der Waals surface area contributed by atoms with Crippen molar-refractivity contribution in [1.29, 1.82) is 0 Å². The van der Waals surface area contributed by atoms with E-state index in [-0.39, 0.29) is 11.5 Å². The van der Waals surface area contributed by atoms with Crippen LogP contribution in [-0.4, -0.2) is 30.5 Å². The Morgan fingerprint density at radius 2 is 1.86 bits per heavy atom. The Balaban J connectivity index is 1.70. The fourth-order valence-corrected chi connectivity index (χ4v) is 3.25. The topological polar surface area (TPSA) is 104 Å². The van der Waals surface area contributed by atoms with Gasteiger partial charge in [0.1, 0.15) is 5.69 Å². The minimum atomic E-state index is -0.752. The van der Waals surface area contributed by atoms with E-state index in [2.05, 4.69) is 20.5 Å². The molecule has 4 aromatic rings. The number of amides is 1. The van der Waals surface area contributed by atoms with Crippen molar-refractivity contribution in [2.75, 3.05) is 5.32 Å². The lowest BCUT2D eigenvalue weighted by Crippen LogP contribution is -2.14. The van der Waals surface area contributed by atoms with E-state index in [9.17, 15) is 9.18 Å². The number of carbonyl (C=O) groups excluding carboxylic acids is 1. The number of aromatic nitrogens is 5. The standard InChI is InChI=1S/C18H12Cl2FN7O/c19-11-3-1-4-12(20)16(11)27-9-14(15(26-27)17(22)29)25-10-7-24-28(8-10)18-13(21)5-2-6-23-18/h1-9,25H,(H2,22,29). The first-order valence-corrected chi connectivity index (χ1v) is 8.96. The van der Waals surface area contributed by atoms with Gasteiger partial charge in [-0.2, -0.15) is 10.2 Å². The summed E-state index contributed by atoms with van der Waals surface area (Å²) in [5.74, 6) is -1.24. The predicted octanol–water partition coefficient (Wildman–Crippen LogP) is 3.74. The van der Waals surface area contributed by atoms with Crippen molar-refractivity contribution in [3.05, 3.63) is 76.7 Å². The summed E-state index contributed by atoms with van der Waals surface area (Å²) in [5, 5.41) is 12.0. The second-order valence-electron chi connectivity index (χ2n) is 5.88. The largest absolute Gasteiger partial charge is 0.364 e. The highest BCUT2D eigenvalue weighted by atomic mass is 35.5. The van der Waals surface area contributed by atoms with Gasteiger partial charge in [0.2, 0.25) is 0 Å². The van der Waals surface area contributed by atoms with E-state index in [0.717, 1.165) is 0 Å². The van der Waals surface area contributed by atoms with Crippen molar-refractivity contribution in [2.45, 2.75) is 0 Å². The summed E-state index contributed by atoms with van der Waals surface area (Å²) in [7, 11) is 0. The molecule has 0 bridgehead atoms. The molecule has 0 aliphatic carbocycles. The molecule has 0 saturated carbocycles. The highest BCUT2D eigenvalue weighted by molar-refractivity contribution is 6.37. The van der Waals surface area contributed by atoms with E-state index in [1.165, 1.54) is 46.3 Å². The molecule has 3 aromatic heterocycles. The smallest absolute Gasteiger partial charge is 0.271 e. The summed E-state index contributed by atoms with van der Waals surface area (Å²) in [6.07, 6.45) is 5.93. The normalized spacial score (nSPS) is 10.9. The maximum absolute atomic E-state index is 13.9. The lowest BCUT2D eigenvalue weighted by Gasteiger charge is -2.06. The maximum Gasteiger partial charge on any atom is 0.271 e. The van der Waals surface area contributed by atoms with Gasteiger partial charge >= 0.3 is 0 Å². The molecule has 0 unspecified atom stereocenters. The monoisotopic (exact) mass is 431 g/mol. The number of anilines is 2. The zero-order valence-corrected chi connectivity index (χ0v) is 16.1. The molecule has 1 aromatic carbocycles. The fourth-order valence-electron chi connectivity index (χ4n) is 2.67.